The van der Waals surface area contributed by atoms with Crippen LogP contribution in [0.25, 0.3) is 0 Å². The minimum Gasteiger partial charge on any atom is -0.446 e. The topological polar surface area (TPSA) is 59.0 Å². The molecule has 49 heavy (non-hydrogen) atoms. The van der Waals surface area contributed by atoms with Crippen molar-refractivity contribution < 1.29 is 41.3 Å². The summed E-state index contributed by atoms with van der Waals surface area (Å²) in [7, 11) is 0. The molecule has 1 amide bonds. The van der Waals surface area contributed by atoms with Gasteiger partial charge in [-0.25, -0.2) is 4.79 Å². The second kappa shape index (κ2) is 16.1. The van der Waals surface area contributed by atoms with E-state index >= 15 is 0 Å². The number of nitrogens with zero attached hydrogens (tertiary/aromatic N) is 1. The van der Waals surface area contributed by atoms with Crippen molar-refractivity contribution in [3.8, 4) is 0 Å². The lowest BCUT2D eigenvalue weighted by Gasteiger charge is -2.55. The molecule has 1 heterocycles. The average Bonchev–Trinajstić information content (AvgIpc) is 3.32. The number of morpholine rings is 1. The minimum atomic E-state index is -5.43. The number of halogens is 5. The molecule has 0 aromatic heterocycles. The fourth-order valence-corrected chi connectivity index (χ4v) is 11.5. The minimum absolute atomic E-state index is 0.0794. The third-order valence-corrected chi connectivity index (χ3v) is 14.4. The number of hydrogen-bond donors (Lipinski definition) is 1. The number of carbonyl (C=O) groups excluding carboxylic acids is 1. The lowest BCUT2D eigenvalue weighted by Crippen LogP contribution is -2.50. The van der Waals surface area contributed by atoms with Crippen LogP contribution in [0.3, 0.4) is 0 Å². The van der Waals surface area contributed by atoms with Gasteiger partial charge in [0.05, 0.1) is 25.4 Å². The number of carbonyl (C=O) groups is 1. The summed E-state index contributed by atoms with van der Waals surface area (Å²) in [5.41, 5.74) is 0.322. The van der Waals surface area contributed by atoms with E-state index < -0.39 is 18.5 Å². The Kier molecular flexibility index (Phi) is 13.4. The van der Waals surface area contributed by atoms with Crippen molar-refractivity contribution in [2.24, 2.45) is 40.4 Å². The molecule has 9 atom stereocenters. The number of hydrogen-bond acceptors (Lipinski definition) is 5. The van der Waals surface area contributed by atoms with Gasteiger partial charge in [0, 0.05) is 17.7 Å². The molecule has 9 unspecified atom stereocenters. The molecule has 1 N–H and O–H groups in total. The highest BCUT2D eigenvalue weighted by molar-refractivity contribution is 8.00. The molecule has 0 radical (unpaired) electrons. The first-order chi connectivity index (χ1) is 22.7. The summed E-state index contributed by atoms with van der Waals surface area (Å²) in [5.74, 6) is -0.318. The van der Waals surface area contributed by atoms with E-state index in [0.717, 1.165) is 61.7 Å². The average molecular weight is 726 g/mol. The third-order valence-electron chi connectivity index (χ3n) is 13.0. The van der Waals surface area contributed by atoms with Crippen molar-refractivity contribution in [1.82, 2.24) is 4.90 Å². The van der Waals surface area contributed by atoms with E-state index in [9.17, 15) is 31.9 Å². The zero-order valence-electron chi connectivity index (χ0n) is 31.1. The van der Waals surface area contributed by atoms with E-state index in [1.54, 1.807) is 0 Å². The zero-order chi connectivity index (χ0) is 36.4. The molecule has 5 rings (SSSR count). The predicted molar refractivity (Wildman–Crippen MR) is 186 cm³/mol. The van der Waals surface area contributed by atoms with Crippen LogP contribution in [-0.2, 0) is 9.47 Å². The Labute approximate surface area is 296 Å². The van der Waals surface area contributed by atoms with E-state index in [4.69, 9.17) is 9.47 Å². The molecule has 0 spiro atoms. The second-order valence-corrected chi connectivity index (χ2v) is 19.4. The number of thioether (sulfide) groups is 1. The SMILES string of the molecule is CC1CN(C(=O)OC2CCC3C(CCC4C3CCC3(C)C(O)CCC43)C2)CCO1.CCC(C)(C)CC(C)(C)SCCCC(F)(F)C(F)(F)F. The summed E-state index contributed by atoms with van der Waals surface area (Å²) in [6.07, 6.45) is 5.86. The van der Waals surface area contributed by atoms with Crippen LogP contribution in [-0.4, -0.2) is 76.7 Å². The number of rotatable bonds is 9. The Bertz CT molecular complexity index is 1090. The van der Waals surface area contributed by atoms with Crippen molar-refractivity contribution in [1.29, 1.82) is 0 Å². The fourth-order valence-electron chi connectivity index (χ4n) is 10.2. The van der Waals surface area contributed by atoms with Crippen molar-refractivity contribution in [2.45, 2.75) is 167 Å². The van der Waals surface area contributed by atoms with Crippen LogP contribution in [0.2, 0.25) is 0 Å². The van der Waals surface area contributed by atoms with Crippen molar-refractivity contribution in [3.63, 3.8) is 0 Å². The zero-order valence-corrected chi connectivity index (χ0v) is 31.9. The second-order valence-electron chi connectivity index (χ2n) is 17.6. The van der Waals surface area contributed by atoms with Crippen LogP contribution in [0.1, 0.15) is 132 Å². The van der Waals surface area contributed by atoms with Crippen molar-refractivity contribution in [2.75, 3.05) is 25.4 Å². The molecule has 286 valence electrons. The molecule has 5 nitrogen and oxygen atoms in total. The largest absolute Gasteiger partial charge is 0.453 e. The van der Waals surface area contributed by atoms with Gasteiger partial charge in [0.25, 0.3) is 0 Å². The third kappa shape index (κ3) is 10.2. The maximum absolute atomic E-state index is 12.7. The lowest BCUT2D eigenvalue weighted by atomic mass is 9.50. The van der Waals surface area contributed by atoms with Crippen LogP contribution >= 0.6 is 11.8 Å². The normalized spacial score (nSPS) is 35.4. The highest BCUT2D eigenvalue weighted by atomic mass is 32.2. The molecule has 4 aliphatic carbocycles. The molecule has 1 saturated heterocycles. The summed E-state index contributed by atoms with van der Waals surface area (Å²) < 4.78 is 72.9. The molecule has 4 saturated carbocycles. The van der Waals surface area contributed by atoms with Gasteiger partial charge in [-0.1, -0.05) is 48.0 Å². The van der Waals surface area contributed by atoms with Gasteiger partial charge < -0.3 is 19.5 Å². The fraction of sp³-hybridized carbons (Fsp3) is 0.974. The molecular formula is C38H64F5NO4S. The molecule has 5 aliphatic rings. The molecular weight excluding hydrogens is 661 g/mol. The van der Waals surface area contributed by atoms with E-state index in [0.29, 0.717) is 25.4 Å². The quantitative estimate of drug-likeness (QED) is 0.189. The molecule has 11 heteroatoms. The first kappa shape index (κ1) is 41.0. The maximum atomic E-state index is 12.7. The van der Waals surface area contributed by atoms with Gasteiger partial charge in [-0.05, 0) is 124 Å². The molecule has 5 fully saturated rings. The van der Waals surface area contributed by atoms with Crippen LogP contribution < -0.4 is 0 Å². The van der Waals surface area contributed by atoms with Gasteiger partial charge in [0.15, 0.2) is 0 Å². The van der Waals surface area contributed by atoms with Gasteiger partial charge in [0.1, 0.15) is 6.10 Å². The highest BCUT2D eigenvalue weighted by Crippen LogP contribution is 2.62. The first-order valence-corrected chi connectivity index (χ1v) is 20.0. The van der Waals surface area contributed by atoms with E-state index in [1.807, 2.05) is 25.7 Å². The Hall–Kier alpha value is -0.810. The highest BCUT2D eigenvalue weighted by Gasteiger charge is 2.58. The van der Waals surface area contributed by atoms with Crippen LogP contribution in [0.5, 0.6) is 0 Å². The lowest BCUT2D eigenvalue weighted by molar-refractivity contribution is -0.284. The number of alkyl halides is 5. The van der Waals surface area contributed by atoms with E-state index in [2.05, 4.69) is 27.7 Å². The van der Waals surface area contributed by atoms with Crippen molar-refractivity contribution >= 4 is 17.9 Å². The van der Waals surface area contributed by atoms with Crippen LogP contribution in [0.15, 0.2) is 0 Å². The summed E-state index contributed by atoms with van der Waals surface area (Å²) in [6, 6.07) is 0. The van der Waals surface area contributed by atoms with E-state index in [1.165, 1.54) is 50.3 Å². The number of amides is 1. The Morgan fingerprint density at radius 3 is 2.33 bits per heavy atom. The summed E-state index contributed by atoms with van der Waals surface area (Å²) in [5, 5.41) is 10.6. The predicted octanol–water partition coefficient (Wildman–Crippen LogP) is 10.5. The molecule has 0 aromatic carbocycles. The van der Waals surface area contributed by atoms with Gasteiger partial charge in [-0.15, -0.1) is 0 Å². The van der Waals surface area contributed by atoms with Crippen LogP contribution in [0, 0.1) is 40.4 Å². The standard InChI is InChI=1S/C24H39NO4.C14H25F5S/c1-15-14-25(11-12-28-15)23(27)29-17-4-6-18-16(13-17)3-5-20-19(18)9-10-24(2)21(20)7-8-22(24)26;1-6-11(2,3)10-12(4,5)20-9-7-8-13(15,16)14(17,18)19/h15-22,26H,3-14H2,1-2H3;6-10H2,1-5H3. The Morgan fingerprint density at radius 1 is 0.980 bits per heavy atom. The molecule has 1 aliphatic heterocycles. The van der Waals surface area contributed by atoms with E-state index in [-0.39, 0.29) is 46.4 Å². The Balaban J connectivity index is 0.000000240. The van der Waals surface area contributed by atoms with Gasteiger partial charge in [-0.3, -0.25) is 0 Å². The monoisotopic (exact) mass is 725 g/mol. The number of aliphatic hydroxyl groups is 1. The summed E-state index contributed by atoms with van der Waals surface area (Å²) >= 11 is 1.47. The molecule has 0 aromatic rings. The first-order valence-electron chi connectivity index (χ1n) is 19.0. The smallest absolute Gasteiger partial charge is 0.446 e. The number of ether oxygens (including phenoxy) is 2. The van der Waals surface area contributed by atoms with Gasteiger partial charge >= 0.3 is 18.2 Å². The van der Waals surface area contributed by atoms with Crippen LogP contribution in [0.4, 0.5) is 26.7 Å². The number of aliphatic hydroxyl groups excluding tert-OH is 1. The van der Waals surface area contributed by atoms with Gasteiger partial charge in [0.2, 0.25) is 0 Å². The van der Waals surface area contributed by atoms with Gasteiger partial charge in [-0.2, -0.15) is 33.7 Å². The summed E-state index contributed by atoms with van der Waals surface area (Å²) in [4.78, 5) is 14.4. The molecule has 0 bridgehead atoms. The Morgan fingerprint density at radius 2 is 1.67 bits per heavy atom. The maximum Gasteiger partial charge on any atom is 0.453 e. The summed E-state index contributed by atoms with van der Waals surface area (Å²) in [6.45, 7) is 16.7. The van der Waals surface area contributed by atoms with Crippen molar-refractivity contribution in [3.05, 3.63) is 0 Å². The number of fused-ring (bicyclic) bond motifs is 5.